The number of anilines is 1. The Kier molecular flexibility index (Phi) is 5.73. The van der Waals surface area contributed by atoms with Gasteiger partial charge in [0.05, 0.1) is 17.8 Å². The van der Waals surface area contributed by atoms with Gasteiger partial charge >= 0.3 is 0 Å². The minimum Gasteiger partial charge on any atom is -0.383 e. The van der Waals surface area contributed by atoms with Gasteiger partial charge in [-0.15, -0.1) is 0 Å². The first-order chi connectivity index (χ1) is 14.8. The number of hydrogen-bond acceptors (Lipinski definition) is 4. The molecular formula is C23H24ClN3O4. The molecule has 2 atom stereocenters. The van der Waals surface area contributed by atoms with Crippen molar-refractivity contribution in [1.82, 2.24) is 9.80 Å². The fourth-order valence-electron chi connectivity index (χ4n) is 3.95. The SMILES string of the molecule is CC(C)C(O)C(=O)N1CCN2C(=O)c3cc(-c4ccc(Cl)cc4)ccc3NC(=O)C2C1. The molecule has 2 heterocycles. The third-order valence-electron chi connectivity index (χ3n) is 5.83. The number of amides is 3. The van der Waals surface area contributed by atoms with Crippen LogP contribution in [0.1, 0.15) is 24.2 Å². The van der Waals surface area contributed by atoms with Crippen molar-refractivity contribution in [2.75, 3.05) is 25.0 Å². The summed E-state index contributed by atoms with van der Waals surface area (Å²) in [7, 11) is 0. The Morgan fingerprint density at radius 2 is 1.77 bits per heavy atom. The van der Waals surface area contributed by atoms with Crippen LogP contribution in [0, 0.1) is 5.92 Å². The van der Waals surface area contributed by atoms with Crippen molar-refractivity contribution in [3.63, 3.8) is 0 Å². The van der Waals surface area contributed by atoms with Gasteiger partial charge in [-0.2, -0.15) is 0 Å². The molecule has 0 aliphatic carbocycles. The summed E-state index contributed by atoms with van der Waals surface area (Å²) in [6.45, 7) is 4.06. The maximum atomic E-state index is 13.3. The van der Waals surface area contributed by atoms with Crippen LogP contribution in [0.2, 0.25) is 5.02 Å². The van der Waals surface area contributed by atoms with Gasteiger partial charge in [0.15, 0.2) is 0 Å². The van der Waals surface area contributed by atoms with Gasteiger partial charge in [-0.1, -0.05) is 43.6 Å². The summed E-state index contributed by atoms with van der Waals surface area (Å²) in [5.74, 6) is -1.25. The molecule has 0 aromatic heterocycles. The van der Waals surface area contributed by atoms with Crippen LogP contribution >= 0.6 is 11.6 Å². The van der Waals surface area contributed by atoms with Crippen LogP contribution in [0.3, 0.4) is 0 Å². The number of nitrogens with zero attached hydrogens (tertiary/aromatic N) is 2. The topological polar surface area (TPSA) is 89.9 Å². The summed E-state index contributed by atoms with van der Waals surface area (Å²) < 4.78 is 0. The van der Waals surface area contributed by atoms with E-state index in [4.69, 9.17) is 11.6 Å². The van der Waals surface area contributed by atoms with Gasteiger partial charge in [-0.05, 0) is 41.3 Å². The van der Waals surface area contributed by atoms with E-state index in [-0.39, 0.29) is 37.4 Å². The molecule has 162 valence electrons. The van der Waals surface area contributed by atoms with Crippen molar-refractivity contribution < 1.29 is 19.5 Å². The molecule has 2 aromatic rings. The molecule has 8 heteroatoms. The highest BCUT2D eigenvalue weighted by Crippen LogP contribution is 2.31. The zero-order valence-electron chi connectivity index (χ0n) is 17.3. The number of nitrogens with one attached hydrogen (secondary N) is 1. The van der Waals surface area contributed by atoms with E-state index < -0.39 is 18.1 Å². The van der Waals surface area contributed by atoms with Crippen LogP contribution in [-0.4, -0.2) is 64.4 Å². The monoisotopic (exact) mass is 441 g/mol. The van der Waals surface area contributed by atoms with Gasteiger partial charge in [0.25, 0.3) is 11.8 Å². The summed E-state index contributed by atoms with van der Waals surface area (Å²) >= 11 is 5.97. The smallest absolute Gasteiger partial charge is 0.256 e. The predicted molar refractivity (Wildman–Crippen MR) is 118 cm³/mol. The number of hydrogen-bond donors (Lipinski definition) is 2. The van der Waals surface area contributed by atoms with E-state index in [0.717, 1.165) is 11.1 Å². The van der Waals surface area contributed by atoms with E-state index in [1.54, 1.807) is 38.1 Å². The third-order valence-corrected chi connectivity index (χ3v) is 6.08. The molecule has 7 nitrogen and oxygen atoms in total. The molecule has 31 heavy (non-hydrogen) atoms. The lowest BCUT2D eigenvalue weighted by atomic mass is 10.0. The maximum absolute atomic E-state index is 13.3. The van der Waals surface area contributed by atoms with E-state index in [0.29, 0.717) is 16.3 Å². The Labute approximate surface area is 185 Å². The second-order valence-corrected chi connectivity index (χ2v) is 8.68. The van der Waals surface area contributed by atoms with Crippen LogP contribution in [0.4, 0.5) is 5.69 Å². The predicted octanol–water partition coefficient (Wildman–Crippen LogP) is 2.63. The van der Waals surface area contributed by atoms with Crippen molar-refractivity contribution in [3.8, 4) is 11.1 Å². The second kappa shape index (κ2) is 8.32. The van der Waals surface area contributed by atoms with E-state index in [1.807, 2.05) is 18.2 Å². The second-order valence-electron chi connectivity index (χ2n) is 8.24. The molecule has 2 aliphatic rings. The normalized spacial score (nSPS) is 19.5. The van der Waals surface area contributed by atoms with Gasteiger partial charge in [-0.25, -0.2) is 0 Å². The van der Waals surface area contributed by atoms with Crippen molar-refractivity contribution in [3.05, 3.63) is 53.1 Å². The van der Waals surface area contributed by atoms with Crippen molar-refractivity contribution in [1.29, 1.82) is 0 Å². The molecular weight excluding hydrogens is 418 g/mol. The molecule has 3 amide bonds. The number of carbonyl (C=O) groups excluding carboxylic acids is 3. The molecule has 0 radical (unpaired) electrons. The Bertz CT molecular complexity index is 1040. The van der Waals surface area contributed by atoms with E-state index in [2.05, 4.69) is 5.32 Å². The van der Waals surface area contributed by atoms with Gasteiger partial charge in [0.2, 0.25) is 5.91 Å². The van der Waals surface area contributed by atoms with Crippen molar-refractivity contribution >= 4 is 35.0 Å². The lowest BCUT2D eigenvalue weighted by Gasteiger charge is -2.40. The quantitative estimate of drug-likeness (QED) is 0.766. The van der Waals surface area contributed by atoms with Crippen LogP contribution in [0.5, 0.6) is 0 Å². The van der Waals surface area contributed by atoms with Crippen LogP contribution in [0.25, 0.3) is 11.1 Å². The molecule has 0 saturated carbocycles. The lowest BCUT2D eigenvalue weighted by molar-refractivity contribution is -0.146. The first-order valence-corrected chi connectivity index (χ1v) is 10.6. The number of benzene rings is 2. The average molecular weight is 442 g/mol. The number of aliphatic hydroxyl groups is 1. The molecule has 1 saturated heterocycles. The fourth-order valence-corrected chi connectivity index (χ4v) is 4.07. The van der Waals surface area contributed by atoms with E-state index in [1.165, 1.54) is 9.80 Å². The Balaban J connectivity index is 1.62. The summed E-state index contributed by atoms with van der Waals surface area (Å²) in [6, 6.07) is 11.8. The highest BCUT2D eigenvalue weighted by atomic mass is 35.5. The molecule has 0 spiro atoms. The Hall–Kier alpha value is -2.90. The first-order valence-electron chi connectivity index (χ1n) is 10.2. The minimum absolute atomic E-state index is 0.0538. The number of fused-ring (bicyclic) bond motifs is 2. The van der Waals surface area contributed by atoms with Gasteiger partial charge < -0.3 is 20.2 Å². The zero-order chi connectivity index (χ0) is 22.3. The Morgan fingerprint density at radius 1 is 1.10 bits per heavy atom. The number of aliphatic hydroxyl groups excluding tert-OH is 1. The van der Waals surface area contributed by atoms with Crippen LogP contribution in [0.15, 0.2) is 42.5 Å². The number of rotatable bonds is 3. The van der Waals surface area contributed by atoms with Gasteiger partial charge in [0.1, 0.15) is 12.1 Å². The lowest BCUT2D eigenvalue weighted by Crippen LogP contribution is -2.61. The number of halogens is 1. The third kappa shape index (κ3) is 4.03. The van der Waals surface area contributed by atoms with Crippen LogP contribution in [-0.2, 0) is 9.59 Å². The summed E-state index contributed by atoms with van der Waals surface area (Å²) in [4.78, 5) is 41.8. The van der Waals surface area contributed by atoms with Crippen molar-refractivity contribution in [2.24, 2.45) is 5.92 Å². The summed E-state index contributed by atoms with van der Waals surface area (Å²) in [6.07, 6.45) is -1.13. The van der Waals surface area contributed by atoms with E-state index >= 15 is 0 Å². The molecule has 2 unspecified atom stereocenters. The van der Waals surface area contributed by atoms with Crippen LogP contribution < -0.4 is 5.32 Å². The van der Waals surface area contributed by atoms with Gasteiger partial charge in [-0.3, -0.25) is 14.4 Å². The molecule has 4 rings (SSSR count). The number of piperazine rings is 1. The minimum atomic E-state index is -1.13. The Morgan fingerprint density at radius 3 is 2.45 bits per heavy atom. The maximum Gasteiger partial charge on any atom is 0.256 e. The van der Waals surface area contributed by atoms with Gasteiger partial charge in [0, 0.05) is 18.1 Å². The summed E-state index contributed by atoms with van der Waals surface area (Å²) in [5.41, 5.74) is 2.60. The molecule has 2 aromatic carbocycles. The zero-order valence-corrected chi connectivity index (χ0v) is 18.1. The average Bonchev–Trinajstić information content (AvgIpc) is 2.87. The first kappa shape index (κ1) is 21.3. The summed E-state index contributed by atoms with van der Waals surface area (Å²) in [5, 5.41) is 13.6. The number of carbonyl (C=O) groups is 3. The molecule has 2 N–H and O–H groups in total. The largest absolute Gasteiger partial charge is 0.383 e. The molecule has 2 aliphatic heterocycles. The van der Waals surface area contributed by atoms with Crippen molar-refractivity contribution in [2.45, 2.75) is 26.0 Å². The standard InChI is InChI=1S/C23H24ClN3O4/c1-13(2)20(28)23(31)26-9-10-27-19(12-26)21(29)25-18-8-5-15(11-17(18)22(27)30)14-3-6-16(24)7-4-14/h3-8,11,13,19-20,28H,9-10,12H2,1-2H3,(H,25,29). The molecule has 0 bridgehead atoms. The highest BCUT2D eigenvalue weighted by Gasteiger charge is 2.41. The fraction of sp³-hybridized carbons (Fsp3) is 0.348. The molecule has 1 fully saturated rings. The van der Waals surface area contributed by atoms with E-state index in [9.17, 15) is 19.5 Å². The highest BCUT2D eigenvalue weighted by molar-refractivity contribution is 6.30.